The molecule has 0 bridgehead atoms. The Morgan fingerprint density at radius 2 is 2.15 bits per heavy atom. The number of thioether (sulfide) groups is 1. The number of nitrogens with zero attached hydrogens (tertiary/aromatic N) is 1. The molecule has 1 atom stereocenters. The average molecular weight is 200 g/mol. The van der Waals surface area contributed by atoms with Crippen molar-refractivity contribution in [1.82, 2.24) is 5.32 Å². The lowest BCUT2D eigenvalue weighted by Gasteiger charge is -2.14. The molecule has 1 rings (SSSR count). The summed E-state index contributed by atoms with van der Waals surface area (Å²) < 4.78 is 0. The van der Waals surface area contributed by atoms with Gasteiger partial charge in [-0.2, -0.15) is 0 Å². The molecule has 3 heteroatoms. The molecular weight excluding hydrogens is 180 g/mol. The van der Waals surface area contributed by atoms with Gasteiger partial charge in [-0.15, -0.1) is 0 Å². The Labute approximate surface area is 85.6 Å². The molecule has 0 amide bonds. The second kappa shape index (κ2) is 5.53. The minimum atomic E-state index is 0.557. The van der Waals surface area contributed by atoms with E-state index in [4.69, 9.17) is 0 Å². The summed E-state index contributed by atoms with van der Waals surface area (Å²) in [5.74, 6) is 1.17. The molecule has 1 N–H and O–H groups in total. The second-order valence-corrected chi connectivity index (χ2v) is 4.47. The molecule has 0 saturated carbocycles. The Morgan fingerprint density at radius 1 is 1.46 bits per heavy atom. The highest BCUT2D eigenvalue weighted by Gasteiger charge is 2.17. The SMILES string of the molecule is CCC1CSC(NC(CC)CC)=N1. The topological polar surface area (TPSA) is 24.4 Å². The molecule has 2 nitrogen and oxygen atoms in total. The highest BCUT2D eigenvalue weighted by Crippen LogP contribution is 2.19. The van der Waals surface area contributed by atoms with E-state index in [9.17, 15) is 0 Å². The van der Waals surface area contributed by atoms with Gasteiger partial charge in [0.1, 0.15) is 0 Å². The molecule has 0 aromatic heterocycles. The first-order chi connectivity index (χ1) is 6.30. The van der Waals surface area contributed by atoms with Gasteiger partial charge in [0.05, 0.1) is 6.04 Å². The van der Waals surface area contributed by atoms with Gasteiger partial charge in [-0.3, -0.25) is 4.99 Å². The molecule has 1 aliphatic rings. The first kappa shape index (κ1) is 10.9. The Kier molecular flexibility index (Phi) is 4.64. The third kappa shape index (κ3) is 3.22. The summed E-state index contributed by atoms with van der Waals surface area (Å²) in [4.78, 5) is 4.61. The van der Waals surface area contributed by atoms with Crippen LogP contribution in [0.2, 0.25) is 0 Å². The summed E-state index contributed by atoms with van der Waals surface area (Å²) in [6, 6.07) is 1.17. The van der Waals surface area contributed by atoms with Gasteiger partial charge in [0.15, 0.2) is 5.17 Å². The number of hydrogen-bond donors (Lipinski definition) is 1. The molecule has 0 aromatic carbocycles. The van der Waals surface area contributed by atoms with Gasteiger partial charge < -0.3 is 5.32 Å². The summed E-state index contributed by atoms with van der Waals surface area (Å²) >= 11 is 1.87. The first-order valence-electron chi connectivity index (χ1n) is 5.27. The monoisotopic (exact) mass is 200 g/mol. The molecular formula is C10H20N2S. The van der Waals surface area contributed by atoms with Crippen molar-refractivity contribution in [2.75, 3.05) is 5.75 Å². The summed E-state index contributed by atoms with van der Waals surface area (Å²) in [5, 5.41) is 4.66. The van der Waals surface area contributed by atoms with E-state index in [1.165, 1.54) is 30.2 Å². The van der Waals surface area contributed by atoms with Crippen molar-refractivity contribution in [3.63, 3.8) is 0 Å². The van der Waals surface area contributed by atoms with Crippen molar-refractivity contribution in [1.29, 1.82) is 0 Å². The normalized spacial score (nSPS) is 22.2. The first-order valence-corrected chi connectivity index (χ1v) is 6.25. The van der Waals surface area contributed by atoms with E-state index < -0.39 is 0 Å². The fourth-order valence-electron chi connectivity index (χ4n) is 1.37. The van der Waals surface area contributed by atoms with E-state index in [1.54, 1.807) is 0 Å². The van der Waals surface area contributed by atoms with E-state index in [1.807, 2.05) is 11.8 Å². The molecule has 0 fully saturated rings. The predicted molar refractivity (Wildman–Crippen MR) is 61.5 cm³/mol. The van der Waals surface area contributed by atoms with Crippen LogP contribution in [0.15, 0.2) is 4.99 Å². The van der Waals surface area contributed by atoms with E-state index in [2.05, 4.69) is 31.1 Å². The molecule has 13 heavy (non-hydrogen) atoms. The average Bonchev–Trinajstić information content (AvgIpc) is 2.61. The van der Waals surface area contributed by atoms with E-state index in [-0.39, 0.29) is 0 Å². The van der Waals surface area contributed by atoms with Crippen LogP contribution in [0.25, 0.3) is 0 Å². The molecule has 0 aromatic rings. The van der Waals surface area contributed by atoms with Gasteiger partial charge in [-0.1, -0.05) is 32.5 Å². The van der Waals surface area contributed by atoms with Crippen molar-refractivity contribution >= 4 is 16.9 Å². The number of hydrogen-bond acceptors (Lipinski definition) is 3. The van der Waals surface area contributed by atoms with Gasteiger partial charge >= 0.3 is 0 Å². The van der Waals surface area contributed by atoms with Crippen LogP contribution >= 0.6 is 11.8 Å². The number of rotatable bonds is 4. The van der Waals surface area contributed by atoms with Crippen molar-refractivity contribution in [3.8, 4) is 0 Å². The van der Waals surface area contributed by atoms with Crippen LogP contribution in [-0.4, -0.2) is 23.0 Å². The van der Waals surface area contributed by atoms with Crippen LogP contribution in [0, 0.1) is 0 Å². The Balaban J connectivity index is 2.36. The zero-order valence-electron chi connectivity index (χ0n) is 8.84. The zero-order valence-corrected chi connectivity index (χ0v) is 9.66. The van der Waals surface area contributed by atoms with Gasteiger partial charge in [-0.05, 0) is 19.3 Å². The van der Waals surface area contributed by atoms with Crippen LogP contribution < -0.4 is 5.32 Å². The van der Waals surface area contributed by atoms with Crippen molar-refractivity contribution < 1.29 is 0 Å². The summed E-state index contributed by atoms with van der Waals surface area (Å²) in [7, 11) is 0. The molecule has 76 valence electrons. The maximum atomic E-state index is 4.61. The lowest BCUT2D eigenvalue weighted by molar-refractivity contribution is 0.572. The van der Waals surface area contributed by atoms with Crippen molar-refractivity contribution in [2.24, 2.45) is 4.99 Å². The van der Waals surface area contributed by atoms with Gasteiger partial charge in [0, 0.05) is 11.8 Å². The smallest absolute Gasteiger partial charge is 0.157 e. The molecule has 1 aliphatic heterocycles. The highest BCUT2D eigenvalue weighted by atomic mass is 32.2. The standard InChI is InChI=1S/C10H20N2S/c1-4-8(5-2)11-10-12-9(6-3)7-13-10/h8-9H,4-7H2,1-3H3,(H,11,12). The van der Waals surface area contributed by atoms with Gasteiger partial charge in [0.25, 0.3) is 0 Å². The molecule has 1 heterocycles. The molecule has 0 spiro atoms. The van der Waals surface area contributed by atoms with Crippen LogP contribution in [-0.2, 0) is 0 Å². The fraction of sp³-hybridized carbons (Fsp3) is 0.900. The predicted octanol–water partition coefficient (Wildman–Crippen LogP) is 2.65. The Bertz CT molecular complexity index is 176. The van der Waals surface area contributed by atoms with E-state index in [0.29, 0.717) is 12.1 Å². The molecule has 1 unspecified atom stereocenters. The third-order valence-electron chi connectivity index (χ3n) is 2.50. The van der Waals surface area contributed by atoms with Crippen LogP contribution in [0.1, 0.15) is 40.0 Å². The van der Waals surface area contributed by atoms with Crippen molar-refractivity contribution in [3.05, 3.63) is 0 Å². The largest absolute Gasteiger partial charge is 0.362 e. The number of amidine groups is 1. The molecule has 0 radical (unpaired) electrons. The molecule has 0 saturated heterocycles. The second-order valence-electron chi connectivity index (χ2n) is 3.47. The third-order valence-corrected chi connectivity index (χ3v) is 3.54. The Hall–Kier alpha value is -0.180. The summed E-state index contributed by atoms with van der Waals surface area (Å²) in [5.41, 5.74) is 0. The van der Waals surface area contributed by atoms with E-state index >= 15 is 0 Å². The Morgan fingerprint density at radius 3 is 2.62 bits per heavy atom. The number of aliphatic imine (C=N–C) groups is 1. The van der Waals surface area contributed by atoms with Crippen LogP contribution in [0.5, 0.6) is 0 Å². The summed E-state index contributed by atoms with van der Waals surface area (Å²) in [6.45, 7) is 6.64. The molecule has 0 aliphatic carbocycles. The summed E-state index contributed by atoms with van der Waals surface area (Å²) in [6.07, 6.45) is 3.54. The van der Waals surface area contributed by atoms with Crippen molar-refractivity contribution in [2.45, 2.75) is 52.1 Å². The minimum absolute atomic E-state index is 0.557. The van der Waals surface area contributed by atoms with Gasteiger partial charge in [0.2, 0.25) is 0 Å². The lowest BCUT2D eigenvalue weighted by atomic mass is 10.2. The lowest BCUT2D eigenvalue weighted by Crippen LogP contribution is -2.31. The van der Waals surface area contributed by atoms with E-state index in [0.717, 1.165) is 0 Å². The highest BCUT2D eigenvalue weighted by molar-refractivity contribution is 8.14. The zero-order chi connectivity index (χ0) is 9.68. The minimum Gasteiger partial charge on any atom is -0.362 e. The fourth-order valence-corrected chi connectivity index (χ4v) is 2.51. The van der Waals surface area contributed by atoms with Gasteiger partial charge in [-0.25, -0.2) is 0 Å². The number of nitrogens with one attached hydrogen (secondary N) is 1. The van der Waals surface area contributed by atoms with Crippen LogP contribution in [0.4, 0.5) is 0 Å². The van der Waals surface area contributed by atoms with Crippen LogP contribution in [0.3, 0.4) is 0 Å². The maximum absolute atomic E-state index is 4.61. The maximum Gasteiger partial charge on any atom is 0.157 e. The quantitative estimate of drug-likeness (QED) is 0.754.